The second kappa shape index (κ2) is 6.74. The Labute approximate surface area is 107 Å². The zero-order valence-corrected chi connectivity index (χ0v) is 11.0. The van der Waals surface area contributed by atoms with Gasteiger partial charge in [0.2, 0.25) is 0 Å². The zero-order chi connectivity index (χ0) is 13.5. The Morgan fingerprint density at radius 3 is 2.67 bits per heavy atom. The highest BCUT2D eigenvalue weighted by molar-refractivity contribution is 5.93. The Balaban J connectivity index is 2.51. The fraction of sp³-hybridized carbons (Fsp3) is 0.462. The van der Waals surface area contributed by atoms with Gasteiger partial charge in [0.15, 0.2) is 0 Å². The van der Waals surface area contributed by atoms with E-state index in [4.69, 9.17) is 4.74 Å². The van der Waals surface area contributed by atoms with Crippen molar-refractivity contribution in [1.82, 2.24) is 9.88 Å². The maximum atomic E-state index is 12.0. The van der Waals surface area contributed by atoms with E-state index in [2.05, 4.69) is 4.98 Å². The van der Waals surface area contributed by atoms with Gasteiger partial charge >= 0.3 is 5.97 Å². The molecule has 0 saturated heterocycles. The highest BCUT2D eigenvalue weighted by atomic mass is 16.5. The number of aryl methyl sites for hydroxylation is 1. The first-order valence-electron chi connectivity index (χ1n) is 5.88. The van der Waals surface area contributed by atoms with Crippen LogP contribution in [-0.2, 0) is 9.53 Å². The number of aromatic nitrogens is 1. The molecule has 5 nitrogen and oxygen atoms in total. The van der Waals surface area contributed by atoms with Gasteiger partial charge < -0.3 is 9.64 Å². The van der Waals surface area contributed by atoms with Gasteiger partial charge in [0.05, 0.1) is 18.6 Å². The summed E-state index contributed by atoms with van der Waals surface area (Å²) in [7, 11) is 1.65. The molecule has 0 radical (unpaired) electrons. The first-order chi connectivity index (χ1) is 8.54. The molecule has 0 aliphatic rings. The largest absolute Gasteiger partial charge is 0.466 e. The van der Waals surface area contributed by atoms with Gasteiger partial charge in [-0.05, 0) is 26.0 Å². The van der Waals surface area contributed by atoms with Crippen LogP contribution in [0.1, 0.15) is 29.4 Å². The number of hydrogen-bond donors (Lipinski definition) is 0. The zero-order valence-electron chi connectivity index (χ0n) is 11.0. The van der Waals surface area contributed by atoms with Gasteiger partial charge in [0.25, 0.3) is 5.91 Å². The maximum absolute atomic E-state index is 12.0. The minimum absolute atomic E-state index is 0.146. The number of ether oxygens (including phenoxy) is 1. The van der Waals surface area contributed by atoms with Crippen LogP contribution in [0.5, 0.6) is 0 Å². The second-order valence-corrected chi connectivity index (χ2v) is 3.97. The van der Waals surface area contributed by atoms with Crippen molar-refractivity contribution in [3.8, 4) is 0 Å². The third-order valence-corrected chi connectivity index (χ3v) is 2.46. The molecule has 98 valence electrons. The van der Waals surface area contributed by atoms with Crippen molar-refractivity contribution in [3.05, 3.63) is 29.6 Å². The summed E-state index contributed by atoms with van der Waals surface area (Å²) in [5.41, 5.74) is 1.38. The van der Waals surface area contributed by atoms with Crippen LogP contribution in [0.25, 0.3) is 0 Å². The predicted molar refractivity (Wildman–Crippen MR) is 67.2 cm³/mol. The third-order valence-electron chi connectivity index (χ3n) is 2.46. The summed E-state index contributed by atoms with van der Waals surface area (Å²) in [5.74, 6) is -0.439. The number of amides is 1. The highest BCUT2D eigenvalue weighted by Gasteiger charge is 2.13. The average molecular weight is 250 g/mol. The number of nitrogens with zero attached hydrogens (tertiary/aromatic N) is 2. The molecule has 0 aromatic carbocycles. The Kier molecular flexibility index (Phi) is 5.30. The fourth-order valence-electron chi connectivity index (χ4n) is 1.41. The predicted octanol–water partition coefficient (Wildman–Crippen LogP) is 1.42. The van der Waals surface area contributed by atoms with Crippen molar-refractivity contribution >= 4 is 11.9 Å². The summed E-state index contributed by atoms with van der Waals surface area (Å²) >= 11 is 0. The Morgan fingerprint density at radius 2 is 2.11 bits per heavy atom. The molecule has 1 aromatic heterocycles. The molecule has 0 atom stereocenters. The van der Waals surface area contributed by atoms with Gasteiger partial charge in [0, 0.05) is 25.5 Å². The van der Waals surface area contributed by atoms with Gasteiger partial charge in [0.1, 0.15) is 0 Å². The summed E-state index contributed by atoms with van der Waals surface area (Å²) in [6, 6.07) is 3.51. The molecule has 0 fully saturated rings. The summed E-state index contributed by atoms with van der Waals surface area (Å²) in [4.78, 5) is 28.7. The number of carbonyl (C=O) groups excluding carboxylic acids is 2. The lowest BCUT2D eigenvalue weighted by molar-refractivity contribution is -0.143. The van der Waals surface area contributed by atoms with E-state index < -0.39 is 0 Å². The van der Waals surface area contributed by atoms with E-state index in [1.165, 1.54) is 4.90 Å². The van der Waals surface area contributed by atoms with Crippen LogP contribution in [-0.4, -0.2) is 42.0 Å². The number of hydrogen-bond acceptors (Lipinski definition) is 4. The van der Waals surface area contributed by atoms with E-state index in [0.29, 0.717) is 18.7 Å². The lowest BCUT2D eigenvalue weighted by Gasteiger charge is -2.16. The first-order valence-corrected chi connectivity index (χ1v) is 5.88. The molecule has 1 heterocycles. The molecule has 0 saturated carbocycles. The lowest BCUT2D eigenvalue weighted by Crippen LogP contribution is -2.29. The monoisotopic (exact) mass is 250 g/mol. The van der Waals surface area contributed by atoms with Crippen LogP contribution in [0.3, 0.4) is 0 Å². The summed E-state index contributed by atoms with van der Waals surface area (Å²) in [6.45, 7) is 4.31. The highest BCUT2D eigenvalue weighted by Crippen LogP contribution is 2.04. The molecule has 1 aromatic rings. The Hall–Kier alpha value is -1.91. The van der Waals surface area contributed by atoms with Gasteiger partial charge in [-0.25, -0.2) is 0 Å². The van der Waals surface area contributed by atoms with Crippen molar-refractivity contribution < 1.29 is 14.3 Å². The number of rotatable bonds is 5. The Bertz CT molecular complexity index is 415. The molecule has 1 amide bonds. The van der Waals surface area contributed by atoms with Gasteiger partial charge in [-0.3, -0.25) is 14.6 Å². The van der Waals surface area contributed by atoms with Crippen molar-refractivity contribution in [2.75, 3.05) is 20.2 Å². The summed E-state index contributed by atoms with van der Waals surface area (Å²) < 4.78 is 4.80. The van der Waals surface area contributed by atoms with Gasteiger partial charge in [-0.1, -0.05) is 0 Å². The van der Waals surface area contributed by atoms with Crippen LogP contribution in [0.15, 0.2) is 18.3 Å². The number of carbonyl (C=O) groups is 2. The molecular formula is C13H18N2O3. The minimum Gasteiger partial charge on any atom is -0.466 e. The van der Waals surface area contributed by atoms with Crippen LogP contribution >= 0.6 is 0 Å². The summed E-state index contributed by atoms with van der Waals surface area (Å²) in [6.07, 6.45) is 1.74. The molecule has 0 spiro atoms. The van der Waals surface area contributed by atoms with E-state index >= 15 is 0 Å². The van der Waals surface area contributed by atoms with Crippen LogP contribution in [0.4, 0.5) is 0 Å². The molecular weight excluding hydrogens is 232 g/mol. The SMILES string of the molecule is CCOC(=O)CCN(C)C(=O)c1ccc(C)nc1. The smallest absolute Gasteiger partial charge is 0.307 e. The lowest BCUT2D eigenvalue weighted by atomic mass is 10.2. The molecule has 5 heteroatoms. The minimum atomic E-state index is -0.292. The van der Waals surface area contributed by atoms with Gasteiger partial charge in [-0.15, -0.1) is 0 Å². The molecule has 0 aliphatic carbocycles. The first kappa shape index (κ1) is 14.2. The average Bonchev–Trinajstić information content (AvgIpc) is 2.36. The van der Waals surface area contributed by atoms with Crippen molar-refractivity contribution in [1.29, 1.82) is 0 Å². The summed E-state index contributed by atoms with van der Waals surface area (Å²) in [5, 5.41) is 0. The number of pyridine rings is 1. The quantitative estimate of drug-likeness (QED) is 0.741. The van der Waals surface area contributed by atoms with Crippen LogP contribution in [0.2, 0.25) is 0 Å². The third kappa shape index (κ3) is 4.16. The van der Waals surface area contributed by atoms with E-state index in [9.17, 15) is 9.59 Å². The van der Waals surface area contributed by atoms with Crippen LogP contribution < -0.4 is 0 Å². The topological polar surface area (TPSA) is 59.5 Å². The standard InChI is InChI=1S/C13H18N2O3/c1-4-18-12(16)7-8-15(3)13(17)11-6-5-10(2)14-9-11/h5-6,9H,4,7-8H2,1-3H3. The molecule has 1 rings (SSSR count). The van der Waals surface area contributed by atoms with E-state index in [1.54, 1.807) is 32.3 Å². The van der Waals surface area contributed by atoms with Crippen molar-refractivity contribution in [3.63, 3.8) is 0 Å². The maximum Gasteiger partial charge on any atom is 0.307 e. The van der Waals surface area contributed by atoms with Crippen LogP contribution in [0, 0.1) is 6.92 Å². The van der Waals surface area contributed by atoms with E-state index in [-0.39, 0.29) is 18.3 Å². The normalized spacial score (nSPS) is 9.94. The Morgan fingerprint density at radius 1 is 1.39 bits per heavy atom. The van der Waals surface area contributed by atoms with Crippen molar-refractivity contribution in [2.45, 2.75) is 20.3 Å². The fourth-order valence-corrected chi connectivity index (χ4v) is 1.41. The molecule has 0 unspecified atom stereocenters. The van der Waals surface area contributed by atoms with Crippen molar-refractivity contribution in [2.24, 2.45) is 0 Å². The molecule has 0 N–H and O–H groups in total. The van der Waals surface area contributed by atoms with Gasteiger partial charge in [-0.2, -0.15) is 0 Å². The molecule has 0 aliphatic heterocycles. The second-order valence-electron chi connectivity index (χ2n) is 3.97. The molecule has 0 bridgehead atoms. The van der Waals surface area contributed by atoms with E-state index in [0.717, 1.165) is 5.69 Å². The van der Waals surface area contributed by atoms with E-state index in [1.807, 2.05) is 6.92 Å². The molecule has 18 heavy (non-hydrogen) atoms. The number of esters is 1.